The Morgan fingerprint density at radius 1 is 1.07 bits per heavy atom. The molecule has 1 N–H and O–H groups in total. The van der Waals surface area contributed by atoms with Crippen LogP contribution in [0.3, 0.4) is 0 Å². The van der Waals surface area contributed by atoms with Gasteiger partial charge in [-0.15, -0.1) is 0 Å². The predicted molar refractivity (Wildman–Crippen MR) is 121 cm³/mol. The number of nitrogens with zero attached hydrogens (tertiary/aromatic N) is 2. The maximum Gasteiger partial charge on any atom is 0.238 e. The molecule has 5 nitrogen and oxygen atoms in total. The van der Waals surface area contributed by atoms with E-state index in [1.165, 1.54) is 5.56 Å². The number of hydrogen-bond acceptors (Lipinski definition) is 3. The third kappa shape index (κ3) is 4.41. The molecule has 0 spiro atoms. The predicted octanol–water partition coefficient (Wildman–Crippen LogP) is 4.07. The summed E-state index contributed by atoms with van der Waals surface area (Å²) in [5, 5.41) is 3.08. The Morgan fingerprint density at radius 3 is 2.47 bits per heavy atom. The second-order valence-electron chi connectivity index (χ2n) is 8.71. The van der Waals surface area contributed by atoms with Gasteiger partial charge in [0, 0.05) is 36.4 Å². The van der Waals surface area contributed by atoms with Crippen LogP contribution in [0.5, 0.6) is 0 Å². The number of carbonyl (C=O) groups excluding carboxylic acids is 2. The van der Waals surface area contributed by atoms with E-state index in [-0.39, 0.29) is 17.9 Å². The molecule has 1 unspecified atom stereocenters. The van der Waals surface area contributed by atoms with E-state index in [0.29, 0.717) is 25.6 Å². The van der Waals surface area contributed by atoms with Gasteiger partial charge in [0.25, 0.3) is 0 Å². The summed E-state index contributed by atoms with van der Waals surface area (Å²) in [4.78, 5) is 29.9. The number of rotatable bonds is 7. The highest BCUT2D eigenvalue weighted by molar-refractivity contribution is 5.96. The van der Waals surface area contributed by atoms with Crippen molar-refractivity contribution in [2.75, 3.05) is 23.3 Å². The van der Waals surface area contributed by atoms with Crippen LogP contribution >= 0.6 is 0 Å². The smallest absolute Gasteiger partial charge is 0.238 e. The van der Waals surface area contributed by atoms with Crippen molar-refractivity contribution in [2.24, 2.45) is 0 Å². The number of para-hydroxylation sites is 2. The van der Waals surface area contributed by atoms with E-state index in [0.717, 1.165) is 41.8 Å². The summed E-state index contributed by atoms with van der Waals surface area (Å²) in [6, 6.07) is 14.8. The van der Waals surface area contributed by atoms with Gasteiger partial charge in [0.15, 0.2) is 0 Å². The number of amides is 2. The molecule has 0 bridgehead atoms. The number of hydrogen-bond donors (Lipinski definition) is 1. The van der Waals surface area contributed by atoms with Crippen LogP contribution in [0.15, 0.2) is 42.5 Å². The summed E-state index contributed by atoms with van der Waals surface area (Å²) in [6.07, 6.45) is 3.56. The molecular weight excluding hydrogens is 374 g/mol. The summed E-state index contributed by atoms with van der Waals surface area (Å²) in [5.41, 5.74) is 5.32. The molecule has 2 aromatic carbocycles. The van der Waals surface area contributed by atoms with Gasteiger partial charge in [-0.25, -0.2) is 0 Å². The molecule has 1 saturated carbocycles. The largest absolute Gasteiger partial charge is 0.324 e. The molecule has 1 fully saturated rings. The number of fused-ring (bicyclic) bond motifs is 1. The quantitative estimate of drug-likeness (QED) is 0.755. The Kier molecular flexibility index (Phi) is 5.91. The van der Waals surface area contributed by atoms with Crippen LogP contribution in [0.4, 0.5) is 11.4 Å². The fraction of sp³-hybridized carbons (Fsp3) is 0.440. The standard InChI is InChI=1S/C25H31N3O2/c1-17-7-6-8-18(2)25(17)26-23(29)16-27(21-11-12-21)14-13-24(30)28-19(3)15-20-9-4-5-10-22(20)28/h4-10,19,21H,11-16H2,1-3H3,(H,26,29). The monoisotopic (exact) mass is 405 g/mol. The lowest BCUT2D eigenvalue weighted by molar-refractivity contribution is -0.121. The highest BCUT2D eigenvalue weighted by Gasteiger charge is 2.33. The van der Waals surface area contributed by atoms with E-state index in [1.807, 2.05) is 55.1 Å². The Balaban J connectivity index is 1.37. The molecule has 1 atom stereocenters. The van der Waals surface area contributed by atoms with E-state index in [1.54, 1.807) is 0 Å². The summed E-state index contributed by atoms with van der Waals surface area (Å²) < 4.78 is 0. The van der Waals surface area contributed by atoms with Gasteiger partial charge in [-0.3, -0.25) is 14.5 Å². The zero-order valence-corrected chi connectivity index (χ0v) is 18.1. The van der Waals surface area contributed by atoms with Crippen LogP contribution in [-0.2, 0) is 16.0 Å². The summed E-state index contributed by atoms with van der Waals surface area (Å²) in [5.74, 6) is 0.139. The first-order valence-electron chi connectivity index (χ1n) is 10.9. The molecule has 2 amide bonds. The van der Waals surface area contributed by atoms with Crippen LogP contribution < -0.4 is 10.2 Å². The van der Waals surface area contributed by atoms with Gasteiger partial charge in [-0.2, -0.15) is 0 Å². The molecule has 158 valence electrons. The molecule has 30 heavy (non-hydrogen) atoms. The number of benzene rings is 2. The average molecular weight is 406 g/mol. The summed E-state index contributed by atoms with van der Waals surface area (Å²) in [7, 11) is 0. The van der Waals surface area contributed by atoms with Gasteiger partial charge < -0.3 is 10.2 Å². The van der Waals surface area contributed by atoms with Gasteiger partial charge in [0.05, 0.1) is 6.54 Å². The van der Waals surface area contributed by atoms with Crippen LogP contribution in [0.1, 0.15) is 42.9 Å². The Bertz CT molecular complexity index is 931. The van der Waals surface area contributed by atoms with Crippen LogP contribution in [0, 0.1) is 13.8 Å². The molecule has 2 aromatic rings. The van der Waals surface area contributed by atoms with Crippen molar-refractivity contribution in [3.05, 3.63) is 59.2 Å². The van der Waals surface area contributed by atoms with Crippen LogP contribution in [0.2, 0.25) is 0 Å². The third-order valence-electron chi connectivity index (χ3n) is 6.24. The maximum atomic E-state index is 13.0. The third-order valence-corrected chi connectivity index (χ3v) is 6.24. The average Bonchev–Trinajstić information content (AvgIpc) is 3.49. The normalized spacial score (nSPS) is 17.9. The van der Waals surface area contributed by atoms with E-state index >= 15 is 0 Å². The lowest BCUT2D eigenvalue weighted by atomic mass is 10.1. The highest BCUT2D eigenvalue weighted by atomic mass is 16.2. The van der Waals surface area contributed by atoms with Crippen molar-refractivity contribution >= 4 is 23.2 Å². The first kappa shape index (κ1) is 20.6. The molecule has 2 aliphatic rings. The highest BCUT2D eigenvalue weighted by Crippen LogP contribution is 2.33. The molecule has 5 heteroatoms. The fourth-order valence-corrected chi connectivity index (χ4v) is 4.51. The summed E-state index contributed by atoms with van der Waals surface area (Å²) in [6.45, 7) is 7.07. The molecular formula is C25H31N3O2. The van der Waals surface area contributed by atoms with Crippen molar-refractivity contribution in [1.29, 1.82) is 0 Å². The lowest BCUT2D eigenvalue weighted by Gasteiger charge is -2.26. The van der Waals surface area contributed by atoms with Crippen molar-refractivity contribution in [1.82, 2.24) is 4.90 Å². The number of anilines is 2. The van der Waals surface area contributed by atoms with Crippen molar-refractivity contribution in [3.63, 3.8) is 0 Å². The van der Waals surface area contributed by atoms with Crippen molar-refractivity contribution in [3.8, 4) is 0 Å². The molecule has 0 aromatic heterocycles. The zero-order chi connectivity index (χ0) is 21.3. The SMILES string of the molecule is Cc1cccc(C)c1NC(=O)CN(CCC(=O)N1c2ccccc2CC1C)C1CC1. The first-order valence-corrected chi connectivity index (χ1v) is 10.9. The van der Waals surface area contributed by atoms with E-state index in [9.17, 15) is 9.59 Å². The zero-order valence-electron chi connectivity index (χ0n) is 18.1. The number of aryl methyl sites for hydroxylation is 2. The number of carbonyl (C=O) groups is 2. The van der Waals surface area contributed by atoms with Crippen LogP contribution in [0.25, 0.3) is 0 Å². The number of nitrogens with one attached hydrogen (secondary N) is 1. The van der Waals surface area contributed by atoms with Gasteiger partial charge in [0.2, 0.25) is 11.8 Å². The van der Waals surface area contributed by atoms with Gasteiger partial charge in [-0.1, -0.05) is 36.4 Å². The fourth-order valence-electron chi connectivity index (χ4n) is 4.51. The molecule has 1 heterocycles. The minimum atomic E-state index is -0.00775. The van der Waals surface area contributed by atoms with Crippen molar-refractivity contribution in [2.45, 2.75) is 58.5 Å². The minimum Gasteiger partial charge on any atom is -0.324 e. The maximum absolute atomic E-state index is 13.0. The Morgan fingerprint density at radius 2 is 1.77 bits per heavy atom. The first-order chi connectivity index (χ1) is 14.4. The van der Waals surface area contributed by atoms with Gasteiger partial charge >= 0.3 is 0 Å². The van der Waals surface area contributed by atoms with Gasteiger partial charge in [0.1, 0.15) is 0 Å². The van der Waals surface area contributed by atoms with E-state index < -0.39 is 0 Å². The van der Waals surface area contributed by atoms with E-state index in [4.69, 9.17) is 0 Å². The summed E-state index contributed by atoms with van der Waals surface area (Å²) >= 11 is 0. The molecule has 1 aliphatic heterocycles. The van der Waals surface area contributed by atoms with Crippen molar-refractivity contribution < 1.29 is 9.59 Å². The molecule has 1 aliphatic carbocycles. The second-order valence-corrected chi connectivity index (χ2v) is 8.71. The lowest BCUT2D eigenvalue weighted by Crippen LogP contribution is -2.40. The Hall–Kier alpha value is -2.66. The molecule has 0 saturated heterocycles. The van der Waals surface area contributed by atoms with Crippen LogP contribution in [-0.4, -0.2) is 41.9 Å². The van der Waals surface area contributed by atoms with E-state index in [2.05, 4.69) is 23.2 Å². The van der Waals surface area contributed by atoms with Gasteiger partial charge in [-0.05, 0) is 62.8 Å². The Labute approximate surface area is 179 Å². The second kappa shape index (κ2) is 8.60. The minimum absolute atomic E-state index is 0.00775. The molecule has 0 radical (unpaired) electrons. The topological polar surface area (TPSA) is 52.7 Å². The molecule has 4 rings (SSSR count).